The second kappa shape index (κ2) is 9.29. The minimum absolute atomic E-state index is 0.0826. The summed E-state index contributed by atoms with van der Waals surface area (Å²) in [6.45, 7) is 4.70. The van der Waals surface area contributed by atoms with Crippen LogP contribution in [0.4, 0.5) is 8.78 Å². The summed E-state index contributed by atoms with van der Waals surface area (Å²) in [5, 5.41) is 3.20. The number of likely N-dealkylation sites (tertiary alicyclic amines) is 2. The van der Waals surface area contributed by atoms with Crippen LogP contribution < -0.4 is 5.32 Å². The summed E-state index contributed by atoms with van der Waals surface area (Å²) in [4.78, 5) is 16.9. The molecule has 6 heteroatoms. The van der Waals surface area contributed by atoms with Crippen molar-refractivity contribution in [1.82, 2.24) is 15.1 Å². The molecule has 146 valence electrons. The van der Waals surface area contributed by atoms with Gasteiger partial charge in [-0.25, -0.2) is 8.78 Å². The first-order chi connectivity index (χ1) is 13.0. The highest BCUT2D eigenvalue weighted by Crippen LogP contribution is 2.19. The Morgan fingerprint density at radius 2 is 1.74 bits per heavy atom. The van der Waals surface area contributed by atoms with Crippen LogP contribution in [0.25, 0.3) is 0 Å². The fraction of sp³-hybridized carbons (Fsp3) is 0.571. The number of carbonyl (C=O) groups is 1. The van der Waals surface area contributed by atoms with E-state index in [2.05, 4.69) is 21.0 Å². The average Bonchev–Trinajstić information content (AvgIpc) is 2.67. The normalized spacial score (nSPS) is 20.3. The number of halogens is 2. The number of nitrogens with one attached hydrogen (secondary N) is 1. The van der Waals surface area contributed by atoms with Crippen molar-refractivity contribution in [2.75, 3.05) is 32.7 Å². The highest BCUT2D eigenvalue weighted by atomic mass is 19.2. The van der Waals surface area contributed by atoms with Crippen LogP contribution in [0, 0.1) is 29.9 Å². The van der Waals surface area contributed by atoms with Crippen LogP contribution in [0.3, 0.4) is 0 Å². The van der Waals surface area contributed by atoms with Gasteiger partial charge in [-0.15, -0.1) is 6.42 Å². The van der Waals surface area contributed by atoms with Gasteiger partial charge in [0.1, 0.15) is 0 Å². The molecule has 0 spiro atoms. The van der Waals surface area contributed by atoms with E-state index in [1.807, 2.05) is 0 Å². The third-order valence-corrected chi connectivity index (χ3v) is 5.60. The Morgan fingerprint density at radius 1 is 1.07 bits per heavy atom. The lowest BCUT2D eigenvalue weighted by Gasteiger charge is -2.34. The van der Waals surface area contributed by atoms with Crippen molar-refractivity contribution in [2.24, 2.45) is 5.92 Å². The van der Waals surface area contributed by atoms with E-state index >= 15 is 0 Å². The van der Waals surface area contributed by atoms with Gasteiger partial charge in [0.15, 0.2) is 11.6 Å². The third kappa shape index (κ3) is 5.50. The number of rotatable bonds is 5. The molecule has 1 aromatic rings. The number of carbonyl (C=O) groups excluding carboxylic acids is 1. The van der Waals surface area contributed by atoms with Gasteiger partial charge < -0.3 is 5.32 Å². The molecule has 0 saturated carbocycles. The minimum atomic E-state index is -0.815. The van der Waals surface area contributed by atoms with Gasteiger partial charge in [-0.05, 0) is 56.5 Å². The number of piperidine rings is 2. The SMILES string of the molecule is C#CCN1CCC(C(=O)NC2CCN(Cc3ccc(F)c(F)c3)CC2)CC1. The van der Waals surface area contributed by atoms with Crippen molar-refractivity contribution < 1.29 is 13.6 Å². The monoisotopic (exact) mass is 375 g/mol. The van der Waals surface area contributed by atoms with E-state index < -0.39 is 11.6 Å². The molecule has 1 amide bonds. The summed E-state index contributed by atoms with van der Waals surface area (Å²) in [5.74, 6) is 1.28. The van der Waals surface area contributed by atoms with Crippen LogP contribution in [0.1, 0.15) is 31.2 Å². The predicted octanol–water partition coefficient (Wildman–Crippen LogP) is 2.39. The minimum Gasteiger partial charge on any atom is -0.353 e. The molecule has 0 atom stereocenters. The number of amides is 1. The first-order valence-corrected chi connectivity index (χ1v) is 9.67. The zero-order valence-corrected chi connectivity index (χ0v) is 15.6. The van der Waals surface area contributed by atoms with Crippen LogP contribution in [0.5, 0.6) is 0 Å². The van der Waals surface area contributed by atoms with Gasteiger partial charge in [-0.2, -0.15) is 0 Å². The second-order valence-electron chi connectivity index (χ2n) is 7.56. The van der Waals surface area contributed by atoms with E-state index in [1.165, 1.54) is 12.1 Å². The van der Waals surface area contributed by atoms with Gasteiger partial charge in [-0.3, -0.25) is 14.6 Å². The van der Waals surface area contributed by atoms with Crippen LogP contribution in [-0.2, 0) is 11.3 Å². The summed E-state index contributed by atoms with van der Waals surface area (Å²) in [6, 6.07) is 4.25. The van der Waals surface area contributed by atoms with Crippen molar-refractivity contribution >= 4 is 5.91 Å². The zero-order chi connectivity index (χ0) is 19.2. The van der Waals surface area contributed by atoms with Gasteiger partial charge in [0, 0.05) is 31.6 Å². The van der Waals surface area contributed by atoms with Crippen molar-refractivity contribution in [1.29, 1.82) is 0 Å². The molecule has 0 radical (unpaired) electrons. The molecular formula is C21H27F2N3O. The van der Waals surface area contributed by atoms with Crippen molar-refractivity contribution in [3.8, 4) is 12.3 Å². The Morgan fingerprint density at radius 3 is 2.37 bits per heavy atom. The first-order valence-electron chi connectivity index (χ1n) is 9.67. The standard InChI is InChI=1S/C21H27F2N3O/c1-2-9-25-10-5-17(6-11-25)21(27)24-18-7-12-26(13-8-18)15-16-3-4-19(22)20(23)14-16/h1,3-4,14,17-18H,5-13,15H2,(H,24,27). The van der Waals surface area contributed by atoms with Crippen molar-refractivity contribution in [2.45, 2.75) is 38.3 Å². The second-order valence-corrected chi connectivity index (χ2v) is 7.56. The van der Waals surface area contributed by atoms with Gasteiger partial charge in [0.05, 0.1) is 6.54 Å². The third-order valence-electron chi connectivity index (χ3n) is 5.60. The Balaban J connectivity index is 1.40. The van der Waals surface area contributed by atoms with E-state index in [9.17, 15) is 13.6 Å². The molecule has 3 rings (SSSR count). The molecule has 1 N–H and O–H groups in total. The van der Waals surface area contributed by atoms with E-state index in [0.717, 1.165) is 57.4 Å². The number of hydrogen-bond donors (Lipinski definition) is 1. The molecular weight excluding hydrogens is 348 g/mol. The lowest BCUT2D eigenvalue weighted by atomic mass is 9.94. The molecule has 1 aromatic carbocycles. The highest BCUT2D eigenvalue weighted by Gasteiger charge is 2.27. The summed E-state index contributed by atoms with van der Waals surface area (Å²) in [7, 11) is 0. The largest absolute Gasteiger partial charge is 0.353 e. The van der Waals surface area contributed by atoms with E-state index in [4.69, 9.17) is 6.42 Å². The molecule has 0 unspecified atom stereocenters. The first kappa shape index (κ1) is 19.8. The Kier molecular flexibility index (Phi) is 6.81. The molecule has 2 aliphatic rings. The fourth-order valence-electron chi connectivity index (χ4n) is 3.93. The number of hydrogen-bond acceptors (Lipinski definition) is 3. The highest BCUT2D eigenvalue weighted by molar-refractivity contribution is 5.79. The molecule has 2 saturated heterocycles. The Bertz CT molecular complexity index is 687. The predicted molar refractivity (Wildman–Crippen MR) is 101 cm³/mol. The van der Waals surface area contributed by atoms with Crippen molar-refractivity contribution in [3.63, 3.8) is 0 Å². The molecule has 2 heterocycles. The Hall–Kier alpha value is -1.97. The summed E-state index contributed by atoms with van der Waals surface area (Å²) in [6.07, 6.45) is 8.83. The number of benzene rings is 1. The maximum Gasteiger partial charge on any atom is 0.223 e. The molecule has 0 bridgehead atoms. The Labute approximate surface area is 159 Å². The van der Waals surface area contributed by atoms with Crippen LogP contribution in [0.2, 0.25) is 0 Å². The molecule has 27 heavy (non-hydrogen) atoms. The molecule has 2 aliphatic heterocycles. The van der Waals surface area contributed by atoms with E-state index in [-0.39, 0.29) is 17.9 Å². The average molecular weight is 375 g/mol. The van der Waals surface area contributed by atoms with E-state index in [1.54, 1.807) is 6.07 Å². The van der Waals surface area contributed by atoms with Gasteiger partial charge in [-0.1, -0.05) is 12.0 Å². The quantitative estimate of drug-likeness (QED) is 0.803. The topological polar surface area (TPSA) is 35.6 Å². The molecule has 0 aliphatic carbocycles. The summed E-state index contributed by atoms with van der Waals surface area (Å²) >= 11 is 0. The lowest BCUT2D eigenvalue weighted by molar-refractivity contribution is -0.127. The van der Waals surface area contributed by atoms with Crippen LogP contribution in [-0.4, -0.2) is 54.5 Å². The van der Waals surface area contributed by atoms with Crippen LogP contribution >= 0.6 is 0 Å². The lowest BCUT2D eigenvalue weighted by Crippen LogP contribution is -2.48. The summed E-state index contributed by atoms with van der Waals surface area (Å²) < 4.78 is 26.4. The van der Waals surface area contributed by atoms with Gasteiger partial charge in [0.25, 0.3) is 0 Å². The van der Waals surface area contributed by atoms with E-state index in [0.29, 0.717) is 13.1 Å². The molecule has 0 aromatic heterocycles. The summed E-state index contributed by atoms with van der Waals surface area (Å²) in [5.41, 5.74) is 0.773. The molecule has 4 nitrogen and oxygen atoms in total. The molecule has 2 fully saturated rings. The zero-order valence-electron chi connectivity index (χ0n) is 15.6. The number of nitrogens with zero attached hydrogens (tertiary/aromatic N) is 2. The maximum absolute atomic E-state index is 13.3. The van der Waals surface area contributed by atoms with Crippen LogP contribution in [0.15, 0.2) is 18.2 Å². The van der Waals surface area contributed by atoms with Gasteiger partial charge >= 0.3 is 0 Å². The van der Waals surface area contributed by atoms with Gasteiger partial charge in [0.2, 0.25) is 5.91 Å². The maximum atomic E-state index is 13.3. The smallest absolute Gasteiger partial charge is 0.223 e. The fourth-order valence-corrected chi connectivity index (χ4v) is 3.93. The number of terminal acetylenes is 1. The van der Waals surface area contributed by atoms with Crippen molar-refractivity contribution in [3.05, 3.63) is 35.4 Å².